The van der Waals surface area contributed by atoms with E-state index < -0.39 is 0 Å². The summed E-state index contributed by atoms with van der Waals surface area (Å²) in [6, 6.07) is 4.31. The van der Waals surface area contributed by atoms with Crippen molar-refractivity contribution >= 4 is 22.9 Å². The number of rotatable bonds is 8. The highest BCUT2D eigenvalue weighted by atomic mass is 16.5. The summed E-state index contributed by atoms with van der Waals surface area (Å²) in [6.45, 7) is 1.83. The van der Waals surface area contributed by atoms with Crippen LogP contribution in [0.3, 0.4) is 0 Å². The fourth-order valence-electron chi connectivity index (χ4n) is 6.29. The van der Waals surface area contributed by atoms with Gasteiger partial charge >= 0.3 is 6.01 Å². The van der Waals surface area contributed by atoms with Gasteiger partial charge in [0.05, 0.1) is 31.1 Å². The van der Waals surface area contributed by atoms with Crippen LogP contribution in [-0.4, -0.2) is 63.2 Å². The van der Waals surface area contributed by atoms with Crippen molar-refractivity contribution in [2.75, 3.05) is 31.7 Å². The molecule has 38 heavy (non-hydrogen) atoms. The van der Waals surface area contributed by atoms with Crippen molar-refractivity contribution in [3.63, 3.8) is 0 Å². The average molecular weight is 515 g/mol. The second-order valence-electron chi connectivity index (χ2n) is 11.2. The lowest BCUT2D eigenvalue weighted by Crippen LogP contribution is -2.68. The first-order chi connectivity index (χ1) is 18.5. The zero-order chi connectivity index (χ0) is 25.9. The van der Waals surface area contributed by atoms with Crippen LogP contribution in [0.25, 0.3) is 11.0 Å². The van der Waals surface area contributed by atoms with E-state index in [-0.39, 0.29) is 35.1 Å². The minimum atomic E-state index is -0.272. The molecule has 3 aromatic rings. The summed E-state index contributed by atoms with van der Waals surface area (Å²) >= 11 is 0. The maximum absolute atomic E-state index is 13.1. The number of carbonyl (C=O) groups is 1. The summed E-state index contributed by atoms with van der Waals surface area (Å²) < 4.78 is 11.5. The van der Waals surface area contributed by atoms with Gasteiger partial charge in [-0.3, -0.25) is 4.79 Å². The molecular weight excluding hydrogens is 484 g/mol. The number of nitriles is 1. The maximum atomic E-state index is 13.1. The van der Waals surface area contributed by atoms with Gasteiger partial charge in [-0.1, -0.05) is 0 Å². The highest BCUT2D eigenvalue weighted by molar-refractivity contribution is 5.91. The van der Waals surface area contributed by atoms with Crippen LogP contribution in [0.5, 0.6) is 11.8 Å². The third-order valence-electron chi connectivity index (χ3n) is 8.74. The normalized spacial score (nSPS) is 27.7. The number of nitrogens with one attached hydrogen (secondary N) is 2. The number of H-pyrrole nitrogens is 1. The Kier molecular flexibility index (Phi) is 5.39. The zero-order valence-corrected chi connectivity index (χ0v) is 21.3. The van der Waals surface area contributed by atoms with Crippen LogP contribution < -0.4 is 19.7 Å². The van der Waals surface area contributed by atoms with Crippen molar-refractivity contribution in [2.24, 2.45) is 17.8 Å². The largest absolute Gasteiger partial charge is 0.496 e. The van der Waals surface area contributed by atoms with Crippen molar-refractivity contribution < 1.29 is 14.3 Å². The van der Waals surface area contributed by atoms with E-state index in [0.29, 0.717) is 18.5 Å². The average Bonchev–Trinajstić information content (AvgIpc) is 3.54. The van der Waals surface area contributed by atoms with Gasteiger partial charge in [0, 0.05) is 36.9 Å². The highest BCUT2D eigenvalue weighted by Gasteiger charge is 2.57. The number of pyridine rings is 1. The lowest BCUT2D eigenvalue weighted by Gasteiger charge is -2.61. The number of aromatic nitrogens is 5. The molecule has 1 aliphatic heterocycles. The second kappa shape index (κ2) is 8.82. The molecule has 196 valence electrons. The van der Waals surface area contributed by atoms with Crippen LogP contribution >= 0.6 is 0 Å². The van der Waals surface area contributed by atoms with E-state index >= 15 is 0 Å². The Morgan fingerprint density at radius 2 is 2.08 bits per heavy atom. The predicted molar refractivity (Wildman–Crippen MR) is 137 cm³/mol. The highest BCUT2D eigenvalue weighted by Crippen LogP contribution is 2.57. The SMILES string of the molecule is COc1ccnc2[nH]cc(C3CCN(c4nc(OC[C@H]5C[C@H]5C#N)nc(C(=O)NC56CC(C5)C6)n4)CC3)c12. The van der Waals surface area contributed by atoms with Crippen LogP contribution in [0.1, 0.15) is 60.6 Å². The molecule has 4 heterocycles. The molecule has 1 saturated heterocycles. The minimum Gasteiger partial charge on any atom is -0.496 e. The Balaban J connectivity index is 1.09. The molecule has 0 radical (unpaired) electrons. The number of anilines is 1. The van der Waals surface area contributed by atoms with E-state index in [1.807, 2.05) is 12.3 Å². The number of hydrogen-bond donors (Lipinski definition) is 2. The quantitative estimate of drug-likeness (QED) is 0.464. The fourth-order valence-corrected chi connectivity index (χ4v) is 6.29. The fraction of sp³-hybridized carbons (Fsp3) is 0.556. The van der Waals surface area contributed by atoms with Crippen LogP contribution in [-0.2, 0) is 0 Å². The predicted octanol–water partition coefficient (Wildman–Crippen LogP) is 2.96. The number of hydrogen-bond acceptors (Lipinski definition) is 9. The Hall–Kier alpha value is -3.94. The van der Waals surface area contributed by atoms with Gasteiger partial charge in [-0.25, -0.2) is 4.98 Å². The van der Waals surface area contributed by atoms with E-state index in [1.165, 1.54) is 5.56 Å². The molecule has 3 aromatic heterocycles. The molecule has 5 fully saturated rings. The Morgan fingerprint density at radius 3 is 2.76 bits per heavy atom. The molecule has 2 N–H and O–H groups in total. The summed E-state index contributed by atoms with van der Waals surface area (Å²) in [5.74, 6) is 2.41. The van der Waals surface area contributed by atoms with E-state index in [0.717, 1.165) is 74.3 Å². The standard InChI is InChI=1S/C27H30N8O3/c1-37-20-2-5-29-22-21(20)19(13-30-22)16-3-6-35(7-4-16)25-31-23(24(36)34-27-9-15(10-27)11-27)32-26(33-25)38-14-18-8-17(18)12-28/h2,5,13,15-18H,3-4,6-11,14H2,1H3,(H,29,30)(H,34,36)/t15?,17-,18+,27?/m0/s1. The van der Waals surface area contributed by atoms with Gasteiger partial charge in [-0.15, -0.1) is 0 Å². The molecule has 11 nitrogen and oxygen atoms in total. The monoisotopic (exact) mass is 514 g/mol. The molecule has 8 rings (SSSR count). The maximum Gasteiger partial charge on any atom is 0.321 e. The number of ether oxygens (including phenoxy) is 2. The lowest BCUT2D eigenvalue weighted by atomic mass is 9.50. The molecule has 0 aromatic carbocycles. The number of piperidine rings is 1. The van der Waals surface area contributed by atoms with Crippen molar-refractivity contribution in [3.8, 4) is 17.8 Å². The summed E-state index contributed by atoms with van der Waals surface area (Å²) in [6.07, 6.45) is 9.52. The van der Waals surface area contributed by atoms with Crippen LogP contribution in [0.4, 0.5) is 5.95 Å². The number of nitrogens with zero attached hydrogens (tertiary/aromatic N) is 6. The van der Waals surface area contributed by atoms with E-state index in [4.69, 9.17) is 14.7 Å². The van der Waals surface area contributed by atoms with Crippen LogP contribution in [0.15, 0.2) is 18.5 Å². The molecule has 5 aliphatic rings. The summed E-state index contributed by atoms with van der Waals surface area (Å²) in [5.41, 5.74) is 1.96. The summed E-state index contributed by atoms with van der Waals surface area (Å²) in [5, 5.41) is 13.3. The lowest BCUT2D eigenvalue weighted by molar-refractivity contribution is -0.0441. The van der Waals surface area contributed by atoms with E-state index in [2.05, 4.69) is 41.2 Å². The zero-order valence-electron chi connectivity index (χ0n) is 21.3. The van der Waals surface area contributed by atoms with Crippen molar-refractivity contribution in [2.45, 2.75) is 50.0 Å². The second-order valence-corrected chi connectivity index (χ2v) is 11.2. The van der Waals surface area contributed by atoms with E-state index in [9.17, 15) is 4.79 Å². The van der Waals surface area contributed by atoms with Gasteiger partial charge in [0.1, 0.15) is 11.4 Å². The molecule has 2 atom stereocenters. The van der Waals surface area contributed by atoms with Crippen molar-refractivity contribution in [1.82, 2.24) is 30.2 Å². The number of amides is 1. The van der Waals surface area contributed by atoms with Gasteiger partial charge < -0.3 is 24.7 Å². The molecule has 2 bridgehead atoms. The molecule has 11 heteroatoms. The third-order valence-corrected chi connectivity index (χ3v) is 8.74. The molecule has 0 unspecified atom stereocenters. The molecule has 1 amide bonds. The van der Waals surface area contributed by atoms with Crippen LogP contribution in [0, 0.1) is 29.1 Å². The third kappa shape index (κ3) is 3.99. The first kappa shape index (κ1) is 23.2. The molecule has 4 saturated carbocycles. The minimum absolute atomic E-state index is 0.0284. The van der Waals surface area contributed by atoms with Gasteiger partial charge in [0.2, 0.25) is 11.8 Å². The first-order valence-corrected chi connectivity index (χ1v) is 13.4. The number of aromatic amines is 1. The topological polar surface area (TPSA) is 142 Å². The van der Waals surface area contributed by atoms with Gasteiger partial charge in [0.25, 0.3) is 5.91 Å². The number of fused-ring (bicyclic) bond motifs is 1. The summed E-state index contributed by atoms with van der Waals surface area (Å²) in [4.78, 5) is 36.4. The Morgan fingerprint density at radius 1 is 1.26 bits per heavy atom. The smallest absolute Gasteiger partial charge is 0.321 e. The van der Waals surface area contributed by atoms with Crippen molar-refractivity contribution in [3.05, 3.63) is 29.8 Å². The molecular formula is C27H30N8O3. The Labute approximate surface area is 220 Å². The van der Waals surface area contributed by atoms with Crippen molar-refractivity contribution in [1.29, 1.82) is 5.26 Å². The number of methoxy groups -OCH3 is 1. The van der Waals surface area contributed by atoms with Crippen LogP contribution in [0.2, 0.25) is 0 Å². The van der Waals surface area contributed by atoms with E-state index in [1.54, 1.807) is 13.3 Å². The molecule has 4 aliphatic carbocycles. The Bertz CT molecular complexity index is 1420. The molecule has 0 spiro atoms. The van der Waals surface area contributed by atoms with Gasteiger partial charge in [0.15, 0.2) is 0 Å². The number of carbonyl (C=O) groups excluding carboxylic acids is 1. The first-order valence-electron chi connectivity index (χ1n) is 13.4. The van der Waals surface area contributed by atoms with Gasteiger partial charge in [-0.05, 0) is 62.0 Å². The van der Waals surface area contributed by atoms with Gasteiger partial charge in [-0.2, -0.15) is 20.2 Å². The summed E-state index contributed by atoms with van der Waals surface area (Å²) in [7, 11) is 1.68.